The number of amides is 2. The first-order valence-electron chi connectivity index (χ1n) is 7.40. The van der Waals surface area contributed by atoms with Gasteiger partial charge in [0, 0.05) is 23.1 Å². The van der Waals surface area contributed by atoms with Crippen molar-refractivity contribution in [2.24, 2.45) is 11.8 Å². The van der Waals surface area contributed by atoms with Crippen LogP contribution in [0.1, 0.15) is 12.5 Å². The molecule has 0 radical (unpaired) electrons. The molecule has 1 aliphatic rings. The number of hydrogen-bond acceptors (Lipinski definition) is 3. The van der Waals surface area contributed by atoms with E-state index < -0.39 is 0 Å². The van der Waals surface area contributed by atoms with Gasteiger partial charge >= 0.3 is 0 Å². The number of carbonyl (C=O) groups excluding carboxylic acids is 2. The molecule has 1 saturated heterocycles. The van der Waals surface area contributed by atoms with Crippen molar-refractivity contribution in [3.8, 4) is 0 Å². The standard InChI is InChI=1S/C16H22BrN3O2/c1-10-6-13(17)4-5-14(10)19-15(21)9-20(3)16(22)11(2)12-7-18-8-12/h4-6,11-12,18H,7-9H2,1-3H3,(H,19,21). The first-order chi connectivity index (χ1) is 10.4. The highest BCUT2D eigenvalue weighted by atomic mass is 79.9. The van der Waals surface area contributed by atoms with Gasteiger partial charge in [0.25, 0.3) is 0 Å². The summed E-state index contributed by atoms with van der Waals surface area (Å²) in [6.07, 6.45) is 0. The van der Waals surface area contributed by atoms with E-state index in [-0.39, 0.29) is 24.3 Å². The maximum atomic E-state index is 12.3. The average Bonchev–Trinajstić information content (AvgIpc) is 2.39. The second-order valence-corrected chi connectivity index (χ2v) is 6.82. The van der Waals surface area contributed by atoms with Gasteiger partial charge in [-0.25, -0.2) is 0 Å². The predicted molar refractivity (Wildman–Crippen MR) is 90.7 cm³/mol. The highest BCUT2D eigenvalue weighted by Gasteiger charge is 2.30. The molecule has 0 aliphatic carbocycles. The summed E-state index contributed by atoms with van der Waals surface area (Å²) in [5.41, 5.74) is 1.75. The van der Waals surface area contributed by atoms with E-state index in [1.807, 2.05) is 32.0 Å². The van der Waals surface area contributed by atoms with Crippen molar-refractivity contribution in [2.45, 2.75) is 13.8 Å². The monoisotopic (exact) mass is 367 g/mol. The zero-order chi connectivity index (χ0) is 16.3. The maximum absolute atomic E-state index is 12.3. The molecular weight excluding hydrogens is 346 g/mol. The van der Waals surface area contributed by atoms with Crippen LogP contribution in [0.2, 0.25) is 0 Å². The zero-order valence-electron chi connectivity index (χ0n) is 13.1. The van der Waals surface area contributed by atoms with Crippen LogP contribution in [-0.4, -0.2) is 43.4 Å². The Balaban J connectivity index is 1.89. The van der Waals surface area contributed by atoms with E-state index in [4.69, 9.17) is 0 Å². The lowest BCUT2D eigenvalue weighted by molar-refractivity contribution is -0.138. The van der Waals surface area contributed by atoms with E-state index in [1.165, 1.54) is 4.90 Å². The van der Waals surface area contributed by atoms with Crippen LogP contribution in [0.5, 0.6) is 0 Å². The van der Waals surface area contributed by atoms with Gasteiger partial charge in [-0.3, -0.25) is 9.59 Å². The molecule has 5 nitrogen and oxygen atoms in total. The molecule has 1 fully saturated rings. The van der Waals surface area contributed by atoms with Crippen molar-refractivity contribution in [3.05, 3.63) is 28.2 Å². The smallest absolute Gasteiger partial charge is 0.243 e. The van der Waals surface area contributed by atoms with E-state index in [0.717, 1.165) is 28.8 Å². The van der Waals surface area contributed by atoms with Gasteiger partial charge in [-0.2, -0.15) is 0 Å². The fourth-order valence-corrected chi connectivity index (χ4v) is 2.94. The number of nitrogens with one attached hydrogen (secondary N) is 2. The van der Waals surface area contributed by atoms with E-state index >= 15 is 0 Å². The van der Waals surface area contributed by atoms with Gasteiger partial charge in [0.2, 0.25) is 11.8 Å². The molecule has 0 aromatic heterocycles. The minimum absolute atomic E-state index is 0.0224. The lowest BCUT2D eigenvalue weighted by atomic mass is 9.88. The number of hydrogen-bond donors (Lipinski definition) is 2. The fourth-order valence-electron chi connectivity index (χ4n) is 2.46. The molecule has 1 aliphatic heterocycles. The third kappa shape index (κ3) is 4.08. The molecule has 6 heteroatoms. The van der Waals surface area contributed by atoms with Gasteiger partial charge in [0.05, 0.1) is 6.54 Å². The van der Waals surface area contributed by atoms with Crippen molar-refractivity contribution in [3.63, 3.8) is 0 Å². The second kappa shape index (κ2) is 7.24. The molecule has 1 aromatic carbocycles. The van der Waals surface area contributed by atoms with Crippen LogP contribution in [0.25, 0.3) is 0 Å². The first-order valence-corrected chi connectivity index (χ1v) is 8.19. The number of likely N-dealkylation sites (N-methyl/N-ethyl adjacent to an activating group) is 1. The molecule has 0 saturated carbocycles. The molecular formula is C16H22BrN3O2. The van der Waals surface area contributed by atoms with Crippen LogP contribution < -0.4 is 10.6 Å². The average molecular weight is 368 g/mol. The van der Waals surface area contributed by atoms with E-state index in [9.17, 15) is 9.59 Å². The minimum Gasteiger partial charge on any atom is -0.336 e. The van der Waals surface area contributed by atoms with Crippen molar-refractivity contribution < 1.29 is 9.59 Å². The van der Waals surface area contributed by atoms with Crippen LogP contribution in [0, 0.1) is 18.8 Å². The summed E-state index contributed by atoms with van der Waals surface area (Å²) in [6, 6.07) is 5.67. The molecule has 1 aromatic rings. The van der Waals surface area contributed by atoms with Crippen molar-refractivity contribution >= 4 is 33.4 Å². The number of carbonyl (C=O) groups is 2. The van der Waals surface area contributed by atoms with E-state index in [1.54, 1.807) is 7.05 Å². The number of aryl methyl sites for hydroxylation is 1. The third-order valence-electron chi connectivity index (χ3n) is 4.13. The van der Waals surface area contributed by atoms with Crippen LogP contribution in [0.3, 0.4) is 0 Å². The van der Waals surface area contributed by atoms with Gasteiger partial charge in [-0.15, -0.1) is 0 Å². The molecule has 2 amide bonds. The lowest BCUT2D eigenvalue weighted by Gasteiger charge is -2.33. The Kier molecular flexibility index (Phi) is 5.58. The van der Waals surface area contributed by atoms with Crippen LogP contribution in [0.4, 0.5) is 5.69 Å². The van der Waals surface area contributed by atoms with Gasteiger partial charge < -0.3 is 15.5 Å². The number of anilines is 1. The molecule has 120 valence electrons. The molecule has 1 atom stereocenters. The largest absolute Gasteiger partial charge is 0.336 e. The van der Waals surface area contributed by atoms with Crippen LogP contribution in [-0.2, 0) is 9.59 Å². The van der Waals surface area contributed by atoms with Gasteiger partial charge in [0.15, 0.2) is 0 Å². The highest BCUT2D eigenvalue weighted by molar-refractivity contribution is 9.10. The first kappa shape index (κ1) is 17.0. The normalized spacial score (nSPS) is 15.8. The Bertz CT molecular complexity index is 573. The number of benzene rings is 1. The SMILES string of the molecule is Cc1cc(Br)ccc1NC(=O)CN(C)C(=O)C(C)C1CNC1. The lowest BCUT2D eigenvalue weighted by Crippen LogP contribution is -2.50. The summed E-state index contributed by atoms with van der Waals surface area (Å²) in [6.45, 7) is 5.69. The Labute approximate surface area is 139 Å². The Morgan fingerprint density at radius 2 is 2.14 bits per heavy atom. The molecule has 0 bridgehead atoms. The van der Waals surface area contributed by atoms with E-state index in [2.05, 4.69) is 26.6 Å². The van der Waals surface area contributed by atoms with Gasteiger partial charge in [0.1, 0.15) is 0 Å². The number of rotatable bonds is 5. The summed E-state index contributed by atoms with van der Waals surface area (Å²) in [5.74, 6) is 0.176. The summed E-state index contributed by atoms with van der Waals surface area (Å²) >= 11 is 3.39. The molecule has 2 rings (SSSR count). The van der Waals surface area contributed by atoms with Gasteiger partial charge in [-0.1, -0.05) is 22.9 Å². The number of halogens is 1. The molecule has 22 heavy (non-hydrogen) atoms. The summed E-state index contributed by atoms with van der Waals surface area (Å²) < 4.78 is 0.971. The molecule has 1 unspecified atom stereocenters. The van der Waals surface area contributed by atoms with E-state index in [0.29, 0.717) is 5.92 Å². The highest BCUT2D eigenvalue weighted by Crippen LogP contribution is 2.20. The minimum atomic E-state index is -0.180. The van der Waals surface area contributed by atoms with Crippen molar-refractivity contribution in [2.75, 3.05) is 32.0 Å². The molecule has 0 spiro atoms. The Morgan fingerprint density at radius 3 is 2.68 bits per heavy atom. The summed E-state index contributed by atoms with van der Waals surface area (Å²) in [5, 5.41) is 6.02. The van der Waals surface area contributed by atoms with Crippen molar-refractivity contribution in [1.82, 2.24) is 10.2 Å². The van der Waals surface area contributed by atoms with Crippen molar-refractivity contribution in [1.29, 1.82) is 0 Å². The third-order valence-corrected chi connectivity index (χ3v) is 4.62. The quantitative estimate of drug-likeness (QED) is 0.836. The molecule has 2 N–H and O–H groups in total. The number of nitrogens with zero attached hydrogens (tertiary/aromatic N) is 1. The maximum Gasteiger partial charge on any atom is 0.243 e. The Morgan fingerprint density at radius 1 is 1.45 bits per heavy atom. The topological polar surface area (TPSA) is 61.4 Å². The van der Waals surface area contributed by atoms with Crippen LogP contribution >= 0.6 is 15.9 Å². The second-order valence-electron chi connectivity index (χ2n) is 5.91. The predicted octanol–water partition coefficient (Wildman–Crippen LogP) is 2.01. The van der Waals surface area contributed by atoms with Gasteiger partial charge in [-0.05, 0) is 49.7 Å². The Hall–Kier alpha value is -1.40. The van der Waals surface area contributed by atoms with Crippen LogP contribution in [0.15, 0.2) is 22.7 Å². The fraction of sp³-hybridized carbons (Fsp3) is 0.500. The summed E-state index contributed by atoms with van der Waals surface area (Å²) in [4.78, 5) is 25.9. The summed E-state index contributed by atoms with van der Waals surface area (Å²) in [7, 11) is 1.68. The molecule has 1 heterocycles. The zero-order valence-corrected chi connectivity index (χ0v) is 14.7.